The standard InChI is InChI=1S/C19H25N/c1-15(16-8-6-5-7-9-16)14-20-18-12-10-17(11-13-18)19(2,3)4/h5-13,15,20H,14H2,1-4H3. The molecule has 2 aromatic carbocycles. The van der Waals surface area contributed by atoms with Gasteiger partial charge in [-0.05, 0) is 34.6 Å². The van der Waals surface area contributed by atoms with E-state index in [1.54, 1.807) is 0 Å². The van der Waals surface area contributed by atoms with E-state index in [0.717, 1.165) is 6.54 Å². The van der Waals surface area contributed by atoms with Gasteiger partial charge < -0.3 is 5.32 Å². The molecule has 0 radical (unpaired) electrons. The zero-order valence-corrected chi connectivity index (χ0v) is 13.0. The van der Waals surface area contributed by atoms with Crippen LogP contribution in [0.4, 0.5) is 5.69 Å². The highest BCUT2D eigenvalue weighted by Crippen LogP contribution is 2.24. The van der Waals surface area contributed by atoms with Gasteiger partial charge in [0.25, 0.3) is 0 Å². The molecule has 1 unspecified atom stereocenters. The van der Waals surface area contributed by atoms with Gasteiger partial charge in [0.2, 0.25) is 0 Å². The maximum atomic E-state index is 3.52. The molecule has 0 heterocycles. The van der Waals surface area contributed by atoms with Gasteiger partial charge in [-0.2, -0.15) is 0 Å². The van der Waals surface area contributed by atoms with Gasteiger partial charge in [-0.25, -0.2) is 0 Å². The van der Waals surface area contributed by atoms with Crippen LogP contribution in [0.1, 0.15) is 44.7 Å². The molecule has 2 aromatic rings. The normalized spacial score (nSPS) is 13.0. The lowest BCUT2D eigenvalue weighted by atomic mass is 9.87. The van der Waals surface area contributed by atoms with Gasteiger partial charge >= 0.3 is 0 Å². The molecule has 0 aliphatic carbocycles. The largest absolute Gasteiger partial charge is 0.384 e. The molecular weight excluding hydrogens is 242 g/mol. The fourth-order valence-corrected chi connectivity index (χ4v) is 2.26. The molecule has 0 spiro atoms. The highest BCUT2D eigenvalue weighted by atomic mass is 14.9. The number of anilines is 1. The summed E-state index contributed by atoms with van der Waals surface area (Å²) in [7, 11) is 0. The third kappa shape index (κ3) is 3.86. The second kappa shape index (κ2) is 6.13. The summed E-state index contributed by atoms with van der Waals surface area (Å²) >= 11 is 0. The smallest absolute Gasteiger partial charge is 0.0340 e. The summed E-state index contributed by atoms with van der Waals surface area (Å²) in [6.07, 6.45) is 0. The van der Waals surface area contributed by atoms with Crippen LogP contribution in [0.15, 0.2) is 54.6 Å². The van der Waals surface area contributed by atoms with Crippen molar-refractivity contribution >= 4 is 5.69 Å². The van der Waals surface area contributed by atoms with E-state index >= 15 is 0 Å². The number of rotatable bonds is 4. The van der Waals surface area contributed by atoms with Crippen molar-refractivity contribution < 1.29 is 0 Å². The van der Waals surface area contributed by atoms with Gasteiger partial charge in [0.05, 0.1) is 0 Å². The van der Waals surface area contributed by atoms with E-state index in [-0.39, 0.29) is 5.41 Å². The second-order valence-corrected chi connectivity index (χ2v) is 6.52. The average Bonchev–Trinajstić information content (AvgIpc) is 2.45. The predicted molar refractivity (Wildman–Crippen MR) is 88.5 cm³/mol. The quantitative estimate of drug-likeness (QED) is 0.803. The molecule has 0 aromatic heterocycles. The third-order valence-corrected chi connectivity index (χ3v) is 3.73. The van der Waals surface area contributed by atoms with E-state index in [9.17, 15) is 0 Å². The SMILES string of the molecule is CC(CNc1ccc(C(C)(C)C)cc1)c1ccccc1. The second-order valence-electron chi connectivity index (χ2n) is 6.52. The fraction of sp³-hybridized carbons (Fsp3) is 0.368. The number of hydrogen-bond donors (Lipinski definition) is 1. The topological polar surface area (TPSA) is 12.0 Å². The Labute approximate surface area is 123 Å². The van der Waals surface area contributed by atoms with E-state index in [0.29, 0.717) is 5.92 Å². The van der Waals surface area contributed by atoms with Crippen molar-refractivity contribution in [3.8, 4) is 0 Å². The summed E-state index contributed by atoms with van der Waals surface area (Å²) in [6, 6.07) is 19.4. The van der Waals surface area contributed by atoms with Gasteiger partial charge in [0, 0.05) is 12.2 Å². The average molecular weight is 267 g/mol. The Balaban J connectivity index is 1.94. The van der Waals surface area contributed by atoms with E-state index in [4.69, 9.17) is 0 Å². The summed E-state index contributed by atoms with van der Waals surface area (Å²) in [5, 5.41) is 3.52. The molecule has 1 atom stereocenters. The van der Waals surface area contributed by atoms with Crippen LogP contribution in [0.5, 0.6) is 0 Å². The van der Waals surface area contributed by atoms with Crippen LogP contribution in [-0.4, -0.2) is 6.54 Å². The number of benzene rings is 2. The van der Waals surface area contributed by atoms with Crippen LogP contribution in [0, 0.1) is 0 Å². The van der Waals surface area contributed by atoms with E-state index < -0.39 is 0 Å². The highest BCUT2D eigenvalue weighted by Gasteiger charge is 2.12. The summed E-state index contributed by atoms with van der Waals surface area (Å²) in [6.45, 7) is 9.94. The fourth-order valence-electron chi connectivity index (χ4n) is 2.26. The zero-order chi connectivity index (χ0) is 14.6. The van der Waals surface area contributed by atoms with Crippen molar-refractivity contribution in [2.75, 3.05) is 11.9 Å². The first-order valence-electron chi connectivity index (χ1n) is 7.36. The minimum atomic E-state index is 0.218. The number of hydrogen-bond acceptors (Lipinski definition) is 1. The van der Waals surface area contributed by atoms with Crippen LogP contribution in [0.3, 0.4) is 0 Å². The van der Waals surface area contributed by atoms with Crippen molar-refractivity contribution in [3.05, 3.63) is 65.7 Å². The van der Waals surface area contributed by atoms with Crippen molar-refractivity contribution in [2.45, 2.75) is 39.0 Å². The van der Waals surface area contributed by atoms with Crippen molar-refractivity contribution in [2.24, 2.45) is 0 Å². The molecule has 0 fully saturated rings. The Kier molecular flexibility index (Phi) is 4.49. The molecule has 0 amide bonds. The van der Waals surface area contributed by atoms with E-state index in [1.165, 1.54) is 16.8 Å². The summed E-state index contributed by atoms with van der Waals surface area (Å²) in [5.74, 6) is 0.512. The Morgan fingerprint density at radius 3 is 2.05 bits per heavy atom. The molecular formula is C19H25N. The first-order valence-corrected chi connectivity index (χ1v) is 7.36. The van der Waals surface area contributed by atoms with Gasteiger partial charge in [-0.15, -0.1) is 0 Å². The van der Waals surface area contributed by atoms with Crippen LogP contribution < -0.4 is 5.32 Å². The summed E-state index contributed by atoms with van der Waals surface area (Å²) in [4.78, 5) is 0. The van der Waals surface area contributed by atoms with Crippen molar-refractivity contribution in [1.82, 2.24) is 0 Å². The summed E-state index contributed by atoms with van der Waals surface area (Å²) in [5.41, 5.74) is 4.17. The van der Waals surface area contributed by atoms with Gasteiger partial charge in [-0.3, -0.25) is 0 Å². The molecule has 1 N–H and O–H groups in total. The predicted octanol–water partition coefficient (Wildman–Crippen LogP) is 5.20. The van der Waals surface area contributed by atoms with Crippen molar-refractivity contribution in [1.29, 1.82) is 0 Å². The molecule has 0 bridgehead atoms. The third-order valence-electron chi connectivity index (χ3n) is 3.73. The maximum Gasteiger partial charge on any atom is 0.0340 e. The minimum Gasteiger partial charge on any atom is -0.384 e. The highest BCUT2D eigenvalue weighted by molar-refractivity contribution is 5.46. The lowest BCUT2D eigenvalue weighted by molar-refractivity contribution is 0.590. The first-order chi connectivity index (χ1) is 9.47. The van der Waals surface area contributed by atoms with Gasteiger partial charge in [-0.1, -0.05) is 70.2 Å². The lowest BCUT2D eigenvalue weighted by Gasteiger charge is -2.20. The molecule has 1 nitrogen and oxygen atoms in total. The van der Waals surface area contributed by atoms with E-state index in [2.05, 4.69) is 87.6 Å². The zero-order valence-electron chi connectivity index (χ0n) is 13.0. The number of nitrogens with one attached hydrogen (secondary N) is 1. The Hall–Kier alpha value is -1.76. The Morgan fingerprint density at radius 1 is 0.900 bits per heavy atom. The minimum absolute atomic E-state index is 0.218. The van der Waals surface area contributed by atoms with Gasteiger partial charge in [0.15, 0.2) is 0 Å². The van der Waals surface area contributed by atoms with Crippen molar-refractivity contribution in [3.63, 3.8) is 0 Å². The maximum absolute atomic E-state index is 3.52. The Bertz CT molecular complexity index is 520. The Morgan fingerprint density at radius 2 is 1.50 bits per heavy atom. The molecule has 0 saturated heterocycles. The molecule has 1 heteroatoms. The molecule has 0 saturated carbocycles. The molecule has 106 valence electrons. The lowest BCUT2D eigenvalue weighted by Crippen LogP contribution is -2.12. The molecule has 20 heavy (non-hydrogen) atoms. The van der Waals surface area contributed by atoms with Crippen LogP contribution in [0.2, 0.25) is 0 Å². The molecule has 2 rings (SSSR count). The van der Waals surface area contributed by atoms with E-state index in [1.807, 2.05) is 0 Å². The summed E-state index contributed by atoms with van der Waals surface area (Å²) < 4.78 is 0. The monoisotopic (exact) mass is 267 g/mol. The van der Waals surface area contributed by atoms with Crippen LogP contribution in [0.25, 0.3) is 0 Å². The molecule has 0 aliphatic rings. The first kappa shape index (κ1) is 14.6. The van der Waals surface area contributed by atoms with Gasteiger partial charge in [0.1, 0.15) is 0 Å². The van der Waals surface area contributed by atoms with Crippen LogP contribution in [-0.2, 0) is 5.41 Å². The van der Waals surface area contributed by atoms with Crippen LogP contribution >= 0.6 is 0 Å². The molecule has 0 aliphatic heterocycles.